The first-order valence-electron chi connectivity index (χ1n) is 8.37. The highest BCUT2D eigenvalue weighted by Crippen LogP contribution is 2.34. The van der Waals surface area contributed by atoms with Crippen molar-refractivity contribution in [2.75, 3.05) is 11.4 Å². The highest BCUT2D eigenvalue weighted by Gasteiger charge is 2.30. The van der Waals surface area contributed by atoms with E-state index in [-0.39, 0.29) is 0 Å². The molecule has 0 heterocycles. The van der Waals surface area contributed by atoms with Crippen molar-refractivity contribution >= 4 is 5.69 Å². The fourth-order valence-corrected chi connectivity index (χ4v) is 2.89. The maximum atomic E-state index is 3.68. The molecule has 2 heteroatoms. The van der Waals surface area contributed by atoms with Gasteiger partial charge in [-0.3, -0.25) is 0 Å². The van der Waals surface area contributed by atoms with Crippen LogP contribution >= 0.6 is 0 Å². The Hall–Kier alpha value is -1.02. The molecule has 3 rings (SSSR count). The van der Waals surface area contributed by atoms with E-state index in [1.807, 2.05) is 0 Å². The zero-order valence-electron chi connectivity index (χ0n) is 13.0. The van der Waals surface area contributed by atoms with E-state index in [0.29, 0.717) is 0 Å². The van der Waals surface area contributed by atoms with Gasteiger partial charge in [0, 0.05) is 30.9 Å². The lowest BCUT2D eigenvalue weighted by Crippen LogP contribution is -2.29. The van der Waals surface area contributed by atoms with Crippen LogP contribution in [0.1, 0.15) is 56.6 Å². The van der Waals surface area contributed by atoms with Crippen molar-refractivity contribution in [2.45, 2.75) is 71.0 Å². The average Bonchev–Trinajstić information content (AvgIpc) is 3.32. The van der Waals surface area contributed by atoms with Crippen molar-refractivity contribution in [1.29, 1.82) is 0 Å². The van der Waals surface area contributed by atoms with Crippen molar-refractivity contribution in [1.82, 2.24) is 5.32 Å². The van der Waals surface area contributed by atoms with Gasteiger partial charge < -0.3 is 10.2 Å². The number of benzene rings is 1. The summed E-state index contributed by atoms with van der Waals surface area (Å²) in [5.41, 5.74) is 4.37. The minimum absolute atomic E-state index is 0.786. The highest BCUT2D eigenvalue weighted by molar-refractivity contribution is 5.56. The number of rotatable bonds is 8. The fourth-order valence-electron chi connectivity index (χ4n) is 2.89. The molecule has 2 nitrogen and oxygen atoms in total. The zero-order valence-corrected chi connectivity index (χ0v) is 13.0. The molecule has 1 aromatic carbocycles. The summed E-state index contributed by atoms with van der Waals surface area (Å²) < 4.78 is 0. The molecule has 0 atom stereocenters. The maximum Gasteiger partial charge on any atom is 0.0414 e. The van der Waals surface area contributed by atoms with Crippen LogP contribution in [0.4, 0.5) is 5.69 Å². The van der Waals surface area contributed by atoms with E-state index < -0.39 is 0 Å². The van der Waals surface area contributed by atoms with E-state index in [0.717, 1.165) is 18.6 Å². The van der Waals surface area contributed by atoms with Crippen LogP contribution in [0.2, 0.25) is 0 Å². The second kappa shape index (κ2) is 6.17. The molecule has 1 N–H and O–H groups in total. The molecule has 0 spiro atoms. The lowest BCUT2D eigenvalue weighted by Gasteiger charge is -2.27. The van der Waals surface area contributed by atoms with Crippen LogP contribution in [0.15, 0.2) is 18.2 Å². The van der Waals surface area contributed by atoms with Gasteiger partial charge in [0.1, 0.15) is 0 Å². The van der Waals surface area contributed by atoms with Crippen molar-refractivity contribution < 1.29 is 0 Å². The summed E-state index contributed by atoms with van der Waals surface area (Å²) >= 11 is 0. The molecule has 0 aliphatic heterocycles. The summed E-state index contributed by atoms with van der Waals surface area (Å²) in [6, 6.07) is 8.61. The van der Waals surface area contributed by atoms with E-state index in [1.54, 1.807) is 0 Å². The summed E-state index contributed by atoms with van der Waals surface area (Å²) in [5.74, 6) is 0. The number of anilines is 1. The Morgan fingerprint density at radius 2 is 2.00 bits per heavy atom. The molecule has 110 valence electrons. The Balaban J connectivity index is 1.77. The van der Waals surface area contributed by atoms with E-state index in [1.165, 1.54) is 61.9 Å². The minimum Gasteiger partial charge on any atom is -0.368 e. The number of nitrogens with one attached hydrogen (secondary N) is 1. The number of hydrogen-bond acceptors (Lipinski definition) is 2. The molecular formula is C18H28N2. The maximum absolute atomic E-state index is 3.68. The van der Waals surface area contributed by atoms with Crippen molar-refractivity contribution in [2.24, 2.45) is 0 Å². The van der Waals surface area contributed by atoms with Crippen molar-refractivity contribution in [3.05, 3.63) is 29.3 Å². The Kier molecular flexibility index (Phi) is 4.30. The lowest BCUT2D eigenvalue weighted by molar-refractivity contribution is 0.673. The molecule has 1 aromatic rings. The highest BCUT2D eigenvalue weighted by atomic mass is 15.2. The predicted octanol–water partition coefficient (Wildman–Crippen LogP) is 4.02. The van der Waals surface area contributed by atoms with Gasteiger partial charge >= 0.3 is 0 Å². The van der Waals surface area contributed by atoms with Crippen LogP contribution in [-0.4, -0.2) is 18.6 Å². The van der Waals surface area contributed by atoms with Crippen LogP contribution in [0.3, 0.4) is 0 Å². The van der Waals surface area contributed by atoms with Gasteiger partial charge in [-0.2, -0.15) is 0 Å². The smallest absolute Gasteiger partial charge is 0.0414 e. The SMILES string of the molecule is CCCCN(c1ccc(C)cc1CNC1CC1)C1CC1. The van der Waals surface area contributed by atoms with Gasteiger partial charge in [0.2, 0.25) is 0 Å². The molecule has 0 radical (unpaired) electrons. The molecular weight excluding hydrogens is 244 g/mol. The van der Waals surface area contributed by atoms with Crippen molar-refractivity contribution in [3.63, 3.8) is 0 Å². The Bertz CT molecular complexity index is 447. The van der Waals surface area contributed by atoms with E-state index in [9.17, 15) is 0 Å². The monoisotopic (exact) mass is 272 g/mol. The van der Waals surface area contributed by atoms with Gasteiger partial charge in [0.05, 0.1) is 0 Å². The van der Waals surface area contributed by atoms with E-state index in [2.05, 4.69) is 42.3 Å². The Morgan fingerprint density at radius 3 is 2.65 bits per heavy atom. The van der Waals surface area contributed by atoms with Gasteiger partial charge in [-0.1, -0.05) is 31.0 Å². The van der Waals surface area contributed by atoms with Crippen LogP contribution in [0, 0.1) is 6.92 Å². The summed E-state index contributed by atoms with van der Waals surface area (Å²) in [4.78, 5) is 2.67. The normalized spacial score (nSPS) is 18.3. The van der Waals surface area contributed by atoms with Gasteiger partial charge in [0.25, 0.3) is 0 Å². The number of aryl methyl sites for hydroxylation is 1. The Labute approximate surface area is 123 Å². The molecule has 2 aliphatic carbocycles. The molecule has 0 aromatic heterocycles. The standard InChI is InChI=1S/C18H28N2/c1-3-4-11-20(17-8-9-17)18-10-5-14(2)12-15(18)13-19-16-6-7-16/h5,10,12,16-17,19H,3-4,6-9,11,13H2,1-2H3. The van der Waals surface area contributed by atoms with Gasteiger partial charge in [-0.25, -0.2) is 0 Å². The van der Waals surface area contributed by atoms with E-state index >= 15 is 0 Å². The second-order valence-electron chi connectivity index (χ2n) is 6.57. The molecule has 0 saturated heterocycles. The summed E-state index contributed by atoms with van der Waals surface area (Å²) in [6.07, 6.45) is 8.08. The quantitative estimate of drug-likeness (QED) is 0.769. The molecule has 20 heavy (non-hydrogen) atoms. The van der Waals surface area contributed by atoms with Crippen LogP contribution in [-0.2, 0) is 6.54 Å². The van der Waals surface area contributed by atoms with Gasteiger partial charge in [-0.15, -0.1) is 0 Å². The van der Waals surface area contributed by atoms with Crippen LogP contribution in [0.5, 0.6) is 0 Å². The summed E-state index contributed by atoms with van der Waals surface area (Å²) in [6.45, 7) is 6.76. The lowest BCUT2D eigenvalue weighted by atomic mass is 10.1. The fraction of sp³-hybridized carbons (Fsp3) is 0.667. The van der Waals surface area contributed by atoms with Gasteiger partial charge in [0.15, 0.2) is 0 Å². The molecule has 2 saturated carbocycles. The average molecular weight is 272 g/mol. The minimum atomic E-state index is 0.786. The van der Waals surface area contributed by atoms with Crippen LogP contribution < -0.4 is 10.2 Å². The third kappa shape index (κ3) is 3.54. The molecule has 2 fully saturated rings. The molecule has 0 amide bonds. The van der Waals surface area contributed by atoms with Crippen molar-refractivity contribution in [3.8, 4) is 0 Å². The molecule has 0 unspecified atom stereocenters. The first-order valence-corrected chi connectivity index (χ1v) is 8.37. The largest absolute Gasteiger partial charge is 0.368 e. The second-order valence-corrected chi connectivity index (χ2v) is 6.57. The molecule has 2 aliphatic rings. The third-order valence-electron chi connectivity index (χ3n) is 4.44. The summed E-state index contributed by atoms with van der Waals surface area (Å²) in [5, 5.41) is 3.68. The number of unbranched alkanes of at least 4 members (excludes halogenated alkanes) is 1. The first kappa shape index (κ1) is 13.9. The number of hydrogen-bond donors (Lipinski definition) is 1. The van der Waals surface area contributed by atoms with Crippen LogP contribution in [0.25, 0.3) is 0 Å². The Morgan fingerprint density at radius 1 is 1.20 bits per heavy atom. The summed E-state index contributed by atoms with van der Waals surface area (Å²) in [7, 11) is 0. The third-order valence-corrected chi connectivity index (χ3v) is 4.44. The first-order chi connectivity index (χ1) is 9.78. The predicted molar refractivity (Wildman–Crippen MR) is 86.3 cm³/mol. The number of nitrogens with zero attached hydrogens (tertiary/aromatic N) is 1. The van der Waals surface area contributed by atoms with Gasteiger partial charge in [-0.05, 0) is 50.7 Å². The molecule has 0 bridgehead atoms. The van der Waals surface area contributed by atoms with E-state index in [4.69, 9.17) is 0 Å². The topological polar surface area (TPSA) is 15.3 Å². The zero-order chi connectivity index (χ0) is 13.9.